The third-order valence-corrected chi connectivity index (χ3v) is 6.68. The van der Waals surface area contributed by atoms with Crippen LogP contribution in [-0.2, 0) is 0 Å². The number of unbranched alkanes of at least 4 members (excludes halogenated alkanes) is 2. The molecule has 1 aromatic rings. The second-order valence-electron chi connectivity index (χ2n) is 9.23. The monoisotopic (exact) mass is 371 g/mol. The molecule has 0 radical (unpaired) electrons. The fourth-order valence-corrected chi connectivity index (χ4v) is 4.69. The van der Waals surface area contributed by atoms with Gasteiger partial charge < -0.3 is 14.7 Å². The molecular formula is C24H37NO2. The van der Waals surface area contributed by atoms with Crippen molar-refractivity contribution in [1.82, 2.24) is 4.90 Å². The summed E-state index contributed by atoms with van der Waals surface area (Å²) in [6.07, 6.45) is 6.08. The van der Waals surface area contributed by atoms with E-state index in [1.54, 1.807) is 0 Å². The van der Waals surface area contributed by atoms with Crippen LogP contribution in [0.1, 0.15) is 83.8 Å². The van der Waals surface area contributed by atoms with Crippen molar-refractivity contribution in [2.75, 3.05) is 20.1 Å². The molecule has 3 heteroatoms. The smallest absolute Gasteiger partial charge is 0.132 e. The van der Waals surface area contributed by atoms with Gasteiger partial charge in [-0.15, -0.1) is 0 Å². The van der Waals surface area contributed by atoms with Crippen LogP contribution in [0, 0.1) is 5.92 Å². The Morgan fingerprint density at radius 2 is 1.96 bits per heavy atom. The van der Waals surface area contributed by atoms with Crippen LogP contribution in [0.5, 0.6) is 11.5 Å². The molecule has 2 aliphatic heterocycles. The molecule has 3 rings (SSSR count). The molecule has 0 saturated carbocycles. The first-order valence-corrected chi connectivity index (χ1v) is 10.7. The molecule has 0 bridgehead atoms. The number of phenols is 1. The van der Waals surface area contributed by atoms with Crippen molar-refractivity contribution >= 4 is 5.57 Å². The van der Waals surface area contributed by atoms with Gasteiger partial charge in [0.15, 0.2) is 0 Å². The highest BCUT2D eigenvalue weighted by Crippen LogP contribution is 2.49. The van der Waals surface area contributed by atoms with Gasteiger partial charge in [-0.3, -0.25) is 0 Å². The minimum atomic E-state index is -0.301. The number of hydrogen-bond acceptors (Lipinski definition) is 3. The summed E-state index contributed by atoms with van der Waals surface area (Å²) in [5, 5.41) is 10.9. The van der Waals surface area contributed by atoms with E-state index in [4.69, 9.17) is 4.74 Å². The third-order valence-electron chi connectivity index (χ3n) is 6.68. The Morgan fingerprint density at radius 3 is 2.67 bits per heavy atom. The average Bonchev–Trinajstić information content (AvgIpc) is 2.59. The molecule has 0 fully saturated rings. The minimum Gasteiger partial charge on any atom is -0.507 e. The second-order valence-corrected chi connectivity index (χ2v) is 9.23. The maximum atomic E-state index is 10.9. The zero-order chi connectivity index (χ0) is 19.8. The predicted molar refractivity (Wildman–Crippen MR) is 114 cm³/mol. The zero-order valence-electron chi connectivity index (χ0n) is 18.1. The van der Waals surface area contributed by atoms with E-state index in [1.165, 1.54) is 42.4 Å². The summed E-state index contributed by atoms with van der Waals surface area (Å²) in [7, 11) is 2.15. The normalized spacial score (nSPS) is 21.3. The number of fused-ring (bicyclic) bond motifs is 2. The van der Waals surface area contributed by atoms with Gasteiger partial charge in [0.25, 0.3) is 0 Å². The van der Waals surface area contributed by atoms with Gasteiger partial charge in [0.1, 0.15) is 17.1 Å². The highest BCUT2D eigenvalue weighted by atomic mass is 16.5. The van der Waals surface area contributed by atoms with Gasteiger partial charge in [-0.25, -0.2) is 0 Å². The van der Waals surface area contributed by atoms with Crippen LogP contribution < -0.4 is 4.74 Å². The van der Waals surface area contributed by atoms with Gasteiger partial charge in [-0.2, -0.15) is 0 Å². The van der Waals surface area contributed by atoms with E-state index < -0.39 is 0 Å². The van der Waals surface area contributed by atoms with E-state index in [2.05, 4.69) is 52.6 Å². The standard InChI is InChI=1S/C24H37NO2/c1-7-8-9-10-16(2)17(3)18-13-21(26)23-19-15-25(6)12-11-20(19)24(4,5)27-22(23)14-18/h13-14,16-17,26H,7-12,15H2,1-6H3/t16-,17-/m0/s1. The van der Waals surface area contributed by atoms with E-state index >= 15 is 0 Å². The lowest BCUT2D eigenvalue weighted by Crippen LogP contribution is -2.41. The molecule has 2 atom stereocenters. The summed E-state index contributed by atoms with van der Waals surface area (Å²) >= 11 is 0. The van der Waals surface area contributed by atoms with Crippen LogP contribution in [0.15, 0.2) is 17.7 Å². The molecule has 0 saturated heterocycles. The van der Waals surface area contributed by atoms with E-state index in [0.29, 0.717) is 17.6 Å². The molecular weight excluding hydrogens is 334 g/mol. The van der Waals surface area contributed by atoms with Crippen molar-refractivity contribution < 1.29 is 9.84 Å². The molecule has 0 aliphatic carbocycles. The van der Waals surface area contributed by atoms with Crippen LogP contribution in [0.2, 0.25) is 0 Å². The topological polar surface area (TPSA) is 32.7 Å². The molecule has 3 nitrogen and oxygen atoms in total. The maximum absolute atomic E-state index is 10.9. The predicted octanol–water partition coefficient (Wildman–Crippen LogP) is 5.97. The Morgan fingerprint density at radius 1 is 1.22 bits per heavy atom. The number of phenolic OH excluding ortho intramolecular Hbond substituents is 1. The largest absolute Gasteiger partial charge is 0.507 e. The molecule has 1 aromatic carbocycles. The molecule has 27 heavy (non-hydrogen) atoms. The lowest BCUT2D eigenvalue weighted by atomic mass is 9.79. The minimum absolute atomic E-state index is 0.301. The number of likely N-dealkylation sites (N-methyl/N-ethyl adjacent to an activating group) is 1. The molecule has 0 amide bonds. The Labute approximate surface area is 165 Å². The third kappa shape index (κ3) is 4.03. The van der Waals surface area contributed by atoms with Crippen molar-refractivity contribution in [2.45, 2.75) is 78.2 Å². The number of nitrogens with zero attached hydrogens (tertiary/aromatic N) is 1. The summed E-state index contributed by atoms with van der Waals surface area (Å²) in [6, 6.07) is 4.18. The van der Waals surface area contributed by atoms with Gasteiger partial charge in [0.05, 0.1) is 5.56 Å². The van der Waals surface area contributed by atoms with Gasteiger partial charge >= 0.3 is 0 Å². The van der Waals surface area contributed by atoms with Crippen LogP contribution in [0.25, 0.3) is 5.57 Å². The van der Waals surface area contributed by atoms with Crippen LogP contribution in [0.3, 0.4) is 0 Å². The highest BCUT2D eigenvalue weighted by molar-refractivity contribution is 5.82. The SMILES string of the molecule is CCCCC[C@H](C)[C@H](C)c1cc(O)c2c(c1)OC(C)(C)C1=C2CN(C)CC1. The molecule has 2 aliphatic rings. The van der Waals surface area contributed by atoms with Gasteiger partial charge in [-0.1, -0.05) is 46.5 Å². The molecule has 1 N–H and O–H groups in total. The number of ether oxygens (including phenoxy) is 1. The Kier molecular flexibility index (Phi) is 5.90. The average molecular weight is 372 g/mol. The van der Waals surface area contributed by atoms with E-state index in [1.807, 2.05) is 6.07 Å². The first-order valence-electron chi connectivity index (χ1n) is 10.7. The van der Waals surface area contributed by atoms with Crippen LogP contribution in [-0.4, -0.2) is 35.7 Å². The summed E-state index contributed by atoms with van der Waals surface area (Å²) in [6.45, 7) is 13.1. The van der Waals surface area contributed by atoms with Crippen molar-refractivity contribution in [3.63, 3.8) is 0 Å². The first-order chi connectivity index (χ1) is 12.7. The van der Waals surface area contributed by atoms with Crippen molar-refractivity contribution in [3.05, 3.63) is 28.8 Å². The van der Waals surface area contributed by atoms with E-state index in [0.717, 1.165) is 30.8 Å². The molecule has 0 spiro atoms. The molecule has 0 aromatic heterocycles. The van der Waals surface area contributed by atoms with E-state index in [9.17, 15) is 5.11 Å². The molecule has 0 unspecified atom stereocenters. The Balaban J connectivity index is 1.94. The summed E-state index contributed by atoms with van der Waals surface area (Å²) in [5.74, 6) is 2.25. The fourth-order valence-electron chi connectivity index (χ4n) is 4.69. The maximum Gasteiger partial charge on any atom is 0.132 e. The second kappa shape index (κ2) is 7.87. The van der Waals surface area contributed by atoms with Gasteiger partial charge in [0, 0.05) is 13.1 Å². The molecule has 2 heterocycles. The van der Waals surface area contributed by atoms with Gasteiger partial charge in [0.2, 0.25) is 0 Å². The van der Waals surface area contributed by atoms with Crippen molar-refractivity contribution in [3.8, 4) is 11.5 Å². The van der Waals surface area contributed by atoms with Crippen molar-refractivity contribution in [2.24, 2.45) is 5.92 Å². The number of aromatic hydroxyl groups is 1. The lowest BCUT2D eigenvalue weighted by molar-refractivity contribution is 0.132. The highest BCUT2D eigenvalue weighted by Gasteiger charge is 2.38. The van der Waals surface area contributed by atoms with Crippen molar-refractivity contribution in [1.29, 1.82) is 0 Å². The number of rotatable bonds is 6. The summed E-state index contributed by atoms with van der Waals surface area (Å²) in [4.78, 5) is 2.33. The van der Waals surface area contributed by atoms with Crippen LogP contribution >= 0.6 is 0 Å². The van der Waals surface area contributed by atoms with Gasteiger partial charge in [-0.05, 0) is 68.0 Å². The van der Waals surface area contributed by atoms with Crippen LogP contribution in [0.4, 0.5) is 0 Å². The quantitative estimate of drug-likeness (QED) is 0.625. The Bertz CT molecular complexity index is 719. The fraction of sp³-hybridized carbons (Fsp3) is 0.667. The number of benzene rings is 1. The zero-order valence-corrected chi connectivity index (χ0v) is 18.1. The lowest BCUT2D eigenvalue weighted by Gasteiger charge is -2.42. The molecule has 150 valence electrons. The Hall–Kier alpha value is -1.48. The van der Waals surface area contributed by atoms with E-state index in [-0.39, 0.29) is 5.60 Å². The summed E-state index contributed by atoms with van der Waals surface area (Å²) < 4.78 is 6.44. The first kappa shape index (κ1) is 20.3. The number of hydrogen-bond donors (Lipinski definition) is 1. The summed E-state index contributed by atoms with van der Waals surface area (Å²) in [5.41, 5.74) is 4.43.